The second-order valence-electron chi connectivity index (χ2n) is 6.84. The molecule has 1 aliphatic heterocycles. The molecule has 0 spiro atoms. The molecule has 2 atom stereocenters. The van der Waals surface area contributed by atoms with Crippen molar-refractivity contribution in [1.82, 2.24) is 4.90 Å². The Balaban J connectivity index is 1.78. The van der Waals surface area contributed by atoms with Crippen LogP contribution in [0, 0.1) is 0 Å². The van der Waals surface area contributed by atoms with Gasteiger partial charge in [-0.05, 0) is 55.7 Å². The molecule has 2 fully saturated rings. The number of hydrogen-bond donors (Lipinski definition) is 1. The first-order valence-corrected chi connectivity index (χ1v) is 8.89. The number of nitrogens with two attached hydrogens (primary N) is 1. The summed E-state index contributed by atoms with van der Waals surface area (Å²) in [6.45, 7) is 4.27. The van der Waals surface area contributed by atoms with Gasteiger partial charge in [-0.25, -0.2) is 0 Å². The summed E-state index contributed by atoms with van der Waals surface area (Å²) in [5.74, 6) is 0.844. The lowest BCUT2D eigenvalue weighted by atomic mass is 9.99. The van der Waals surface area contributed by atoms with Gasteiger partial charge in [0.15, 0.2) is 0 Å². The van der Waals surface area contributed by atoms with Crippen molar-refractivity contribution in [1.29, 1.82) is 0 Å². The van der Waals surface area contributed by atoms with Crippen LogP contribution in [0.2, 0.25) is 0 Å². The van der Waals surface area contributed by atoms with Crippen molar-refractivity contribution in [3.63, 3.8) is 0 Å². The van der Waals surface area contributed by atoms with Crippen molar-refractivity contribution >= 4 is 0 Å². The van der Waals surface area contributed by atoms with Gasteiger partial charge in [0.05, 0.1) is 0 Å². The highest BCUT2D eigenvalue weighted by molar-refractivity contribution is 5.30. The predicted molar refractivity (Wildman–Crippen MR) is 89.5 cm³/mol. The van der Waals surface area contributed by atoms with Gasteiger partial charge in [-0.1, -0.05) is 44.0 Å². The van der Waals surface area contributed by atoms with E-state index in [4.69, 9.17) is 5.73 Å². The molecule has 2 aliphatic rings. The molecule has 3 rings (SSSR count). The molecule has 0 amide bonds. The third-order valence-electron chi connectivity index (χ3n) is 5.39. The molecule has 1 aromatic carbocycles. The van der Waals surface area contributed by atoms with Gasteiger partial charge in [0.1, 0.15) is 0 Å². The van der Waals surface area contributed by atoms with E-state index in [2.05, 4.69) is 36.1 Å². The van der Waals surface area contributed by atoms with Crippen LogP contribution in [0.3, 0.4) is 0 Å². The standard InChI is InChI=1S/C19H30N2/c1-2-18-6-4-3-5-13-21(18)19(14-20)17-11-9-16(10-12-17)15-7-8-15/h9-12,15,18-19H,2-8,13-14,20H2,1H3. The van der Waals surface area contributed by atoms with Gasteiger partial charge in [0, 0.05) is 18.6 Å². The first-order chi connectivity index (χ1) is 10.3. The van der Waals surface area contributed by atoms with Gasteiger partial charge in [0.2, 0.25) is 0 Å². The molecule has 2 unspecified atom stereocenters. The summed E-state index contributed by atoms with van der Waals surface area (Å²) in [6.07, 6.45) is 9.43. The first-order valence-electron chi connectivity index (χ1n) is 8.89. The van der Waals surface area contributed by atoms with Gasteiger partial charge in [-0.2, -0.15) is 0 Å². The van der Waals surface area contributed by atoms with Crippen molar-refractivity contribution < 1.29 is 0 Å². The molecular weight excluding hydrogens is 256 g/mol. The Morgan fingerprint density at radius 1 is 1.10 bits per heavy atom. The van der Waals surface area contributed by atoms with Crippen LogP contribution in [-0.4, -0.2) is 24.0 Å². The van der Waals surface area contributed by atoms with Crippen LogP contribution in [0.25, 0.3) is 0 Å². The van der Waals surface area contributed by atoms with Gasteiger partial charge in [-0.3, -0.25) is 4.90 Å². The lowest BCUT2D eigenvalue weighted by Gasteiger charge is -2.36. The largest absolute Gasteiger partial charge is 0.329 e. The Hall–Kier alpha value is -0.860. The number of rotatable bonds is 5. The average Bonchev–Trinajstić information content (AvgIpc) is 3.36. The fraction of sp³-hybridized carbons (Fsp3) is 0.684. The van der Waals surface area contributed by atoms with Crippen LogP contribution in [0.4, 0.5) is 0 Å². The molecule has 1 saturated heterocycles. The summed E-state index contributed by atoms with van der Waals surface area (Å²) in [6, 6.07) is 10.5. The summed E-state index contributed by atoms with van der Waals surface area (Å²) in [7, 11) is 0. The van der Waals surface area contributed by atoms with Crippen molar-refractivity contribution in [2.24, 2.45) is 5.73 Å². The summed E-state index contributed by atoms with van der Waals surface area (Å²) in [5, 5.41) is 0. The van der Waals surface area contributed by atoms with Crippen LogP contribution in [0.1, 0.15) is 75.0 Å². The van der Waals surface area contributed by atoms with E-state index in [0.717, 1.165) is 12.5 Å². The van der Waals surface area contributed by atoms with Crippen molar-refractivity contribution in [2.75, 3.05) is 13.1 Å². The second-order valence-corrected chi connectivity index (χ2v) is 6.84. The van der Waals surface area contributed by atoms with E-state index >= 15 is 0 Å². The quantitative estimate of drug-likeness (QED) is 0.878. The molecule has 116 valence electrons. The lowest BCUT2D eigenvalue weighted by molar-refractivity contribution is 0.136. The Kier molecular flexibility index (Phi) is 4.97. The maximum absolute atomic E-state index is 6.17. The van der Waals surface area contributed by atoms with E-state index in [1.807, 2.05) is 0 Å². The van der Waals surface area contributed by atoms with Crippen LogP contribution in [0.15, 0.2) is 24.3 Å². The van der Waals surface area contributed by atoms with Crippen LogP contribution >= 0.6 is 0 Å². The van der Waals surface area contributed by atoms with Crippen molar-refractivity contribution in [3.8, 4) is 0 Å². The molecule has 0 radical (unpaired) electrons. The van der Waals surface area contributed by atoms with E-state index < -0.39 is 0 Å². The number of hydrogen-bond acceptors (Lipinski definition) is 2. The molecule has 2 nitrogen and oxygen atoms in total. The SMILES string of the molecule is CCC1CCCCCN1C(CN)c1ccc(C2CC2)cc1. The van der Waals surface area contributed by atoms with Crippen molar-refractivity contribution in [3.05, 3.63) is 35.4 Å². The smallest absolute Gasteiger partial charge is 0.0473 e. The molecule has 0 bridgehead atoms. The third-order valence-corrected chi connectivity index (χ3v) is 5.39. The van der Waals surface area contributed by atoms with Gasteiger partial charge >= 0.3 is 0 Å². The normalized spacial score (nSPS) is 25.5. The van der Waals surface area contributed by atoms with Gasteiger partial charge in [-0.15, -0.1) is 0 Å². The minimum Gasteiger partial charge on any atom is -0.329 e. The van der Waals surface area contributed by atoms with Crippen LogP contribution in [0.5, 0.6) is 0 Å². The Morgan fingerprint density at radius 3 is 2.48 bits per heavy atom. The molecule has 0 aromatic heterocycles. The topological polar surface area (TPSA) is 29.3 Å². The fourth-order valence-corrected chi connectivity index (χ4v) is 3.92. The second kappa shape index (κ2) is 6.93. The minimum absolute atomic E-state index is 0.404. The highest BCUT2D eigenvalue weighted by atomic mass is 15.2. The average molecular weight is 286 g/mol. The summed E-state index contributed by atoms with van der Waals surface area (Å²) < 4.78 is 0. The zero-order chi connectivity index (χ0) is 14.7. The highest BCUT2D eigenvalue weighted by Gasteiger charge is 2.28. The zero-order valence-electron chi connectivity index (χ0n) is 13.4. The fourth-order valence-electron chi connectivity index (χ4n) is 3.92. The Bertz CT molecular complexity index is 435. The number of nitrogens with zero attached hydrogens (tertiary/aromatic N) is 1. The highest BCUT2D eigenvalue weighted by Crippen LogP contribution is 2.40. The summed E-state index contributed by atoms with van der Waals surface area (Å²) in [5.41, 5.74) is 9.12. The molecule has 1 saturated carbocycles. The molecular formula is C19H30N2. The molecule has 2 N–H and O–H groups in total. The molecule has 1 heterocycles. The number of benzene rings is 1. The minimum atomic E-state index is 0.404. The number of likely N-dealkylation sites (tertiary alicyclic amines) is 1. The predicted octanol–water partition coefficient (Wildman–Crippen LogP) is 4.22. The Morgan fingerprint density at radius 2 is 1.86 bits per heavy atom. The lowest BCUT2D eigenvalue weighted by Crippen LogP contribution is -2.41. The van der Waals surface area contributed by atoms with E-state index in [-0.39, 0.29) is 0 Å². The summed E-state index contributed by atoms with van der Waals surface area (Å²) >= 11 is 0. The molecule has 21 heavy (non-hydrogen) atoms. The maximum atomic E-state index is 6.17. The maximum Gasteiger partial charge on any atom is 0.0473 e. The van der Waals surface area contributed by atoms with E-state index in [1.54, 1.807) is 0 Å². The van der Waals surface area contributed by atoms with Crippen LogP contribution < -0.4 is 5.73 Å². The van der Waals surface area contributed by atoms with Gasteiger partial charge < -0.3 is 5.73 Å². The first kappa shape index (κ1) is 15.1. The third kappa shape index (κ3) is 3.49. The van der Waals surface area contributed by atoms with E-state index in [0.29, 0.717) is 12.1 Å². The zero-order valence-corrected chi connectivity index (χ0v) is 13.4. The van der Waals surface area contributed by atoms with Gasteiger partial charge in [0.25, 0.3) is 0 Å². The molecule has 2 heteroatoms. The molecule has 1 aromatic rings. The molecule has 1 aliphatic carbocycles. The van der Waals surface area contributed by atoms with Crippen molar-refractivity contribution in [2.45, 2.75) is 69.9 Å². The summed E-state index contributed by atoms with van der Waals surface area (Å²) in [4.78, 5) is 2.69. The van der Waals surface area contributed by atoms with E-state index in [9.17, 15) is 0 Å². The van der Waals surface area contributed by atoms with Crippen LogP contribution in [-0.2, 0) is 0 Å². The monoisotopic (exact) mass is 286 g/mol. The Labute approximate surface area is 129 Å². The van der Waals surface area contributed by atoms with E-state index in [1.165, 1.54) is 62.6 Å².